The number of nitrogens with one attached hydrogen (secondary N) is 2. The van der Waals surface area contributed by atoms with Crippen LogP contribution in [-0.4, -0.2) is 11.5 Å². The number of rotatable bonds is 3. The first-order valence-electron chi connectivity index (χ1n) is 6.90. The van der Waals surface area contributed by atoms with Crippen LogP contribution in [0.1, 0.15) is 23.7 Å². The van der Waals surface area contributed by atoms with E-state index in [2.05, 4.69) is 58.9 Å². The first-order valence-corrected chi connectivity index (χ1v) is 6.90. The molecule has 3 heteroatoms. The second-order valence-electron chi connectivity index (χ2n) is 4.90. The van der Waals surface area contributed by atoms with E-state index in [1.165, 1.54) is 16.8 Å². The lowest BCUT2D eigenvalue weighted by Crippen LogP contribution is -2.24. The molecule has 3 rings (SSSR count). The van der Waals surface area contributed by atoms with Gasteiger partial charge in [0, 0.05) is 12.2 Å². The molecule has 1 aliphatic heterocycles. The van der Waals surface area contributed by atoms with Gasteiger partial charge in [-0.2, -0.15) is 0 Å². The van der Waals surface area contributed by atoms with Gasteiger partial charge >= 0.3 is 0 Å². The third kappa shape index (κ3) is 2.76. The van der Waals surface area contributed by atoms with Crippen molar-refractivity contribution in [2.45, 2.75) is 26.3 Å². The maximum absolute atomic E-state index is 4.68. The highest BCUT2D eigenvalue weighted by Gasteiger charge is 2.10. The van der Waals surface area contributed by atoms with Crippen molar-refractivity contribution in [2.75, 3.05) is 11.9 Å². The van der Waals surface area contributed by atoms with Gasteiger partial charge in [-0.3, -0.25) is 0 Å². The molecule has 0 fully saturated rings. The van der Waals surface area contributed by atoms with Gasteiger partial charge in [0.1, 0.15) is 5.82 Å². The summed E-state index contributed by atoms with van der Waals surface area (Å²) in [7, 11) is 0. The van der Waals surface area contributed by atoms with Crippen LogP contribution in [-0.2, 0) is 19.4 Å². The Morgan fingerprint density at radius 3 is 2.79 bits per heavy atom. The van der Waals surface area contributed by atoms with E-state index >= 15 is 0 Å². The Kier molecular flexibility index (Phi) is 3.47. The average molecular weight is 253 g/mol. The Balaban J connectivity index is 1.78. The third-order valence-electron chi connectivity index (χ3n) is 3.57. The summed E-state index contributed by atoms with van der Waals surface area (Å²) < 4.78 is 0. The second-order valence-corrected chi connectivity index (χ2v) is 4.90. The summed E-state index contributed by atoms with van der Waals surface area (Å²) in [6.07, 6.45) is 2.15. The molecule has 1 aliphatic rings. The van der Waals surface area contributed by atoms with Gasteiger partial charge in [-0.25, -0.2) is 4.98 Å². The quantitative estimate of drug-likeness (QED) is 0.883. The molecule has 2 N–H and O–H groups in total. The summed E-state index contributed by atoms with van der Waals surface area (Å²) in [6, 6.07) is 12.8. The van der Waals surface area contributed by atoms with Gasteiger partial charge in [-0.05, 0) is 48.7 Å². The third-order valence-corrected chi connectivity index (χ3v) is 3.57. The topological polar surface area (TPSA) is 37.0 Å². The molecule has 2 heterocycles. The largest absolute Gasteiger partial charge is 0.340 e. The predicted molar refractivity (Wildman–Crippen MR) is 78.8 cm³/mol. The highest BCUT2D eigenvalue weighted by molar-refractivity contribution is 5.57. The number of benzene rings is 1. The minimum Gasteiger partial charge on any atom is -0.340 e. The number of nitrogens with zero attached hydrogens (tertiary/aromatic N) is 1. The van der Waals surface area contributed by atoms with Crippen molar-refractivity contribution >= 4 is 11.5 Å². The van der Waals surface area contributed by atoms with Crippen molar-refractivity contribution in [2.24, 2.45) is 0 Å². The van der Waals surface area contributed by atoms with E-state index < -0.39 is 0 Å². The Bertz CT molecular complexity index is 561. The summed E-state index contributed by atoms with van der Waals surface area (Å²) in [5, 5.41) is 6.72. The van der Waals surface area contributed by atoms with Crippen molar-refractivity contribution in [3.05, 3.63) is 53.2 Å². The van der Waals surface area contributed by atoms with Crippen LogP contribution in [0.15, 0.2) is 36.4 Å². The lowest BCUT2D eigenvalue weighted by Gasteiger charge is -2.17. The number of hydrogen-bond donors (Lipinski definition) is 2. The number of aryl methyl sites for hydroxylation is 1. The van der Waals surface area contributed by atoms with Gasteiger partial charge in [0.15, 0.2) is 0 Å². The number of fused-ring (bicyclic) bond motifs is 1. The fourth-order valence-electron chi connectivity index (χ4n) is 2.38. The maximum atomic E-state index is 4.68. The summed E-state index contributed by atoms with van der Waals surface area (Å²) in [5.74, 6) is 0.923. The molecular weight excluding hydrogens is 234 g/mol. The summed E-state index contributed by atoms with van der Waals surface area (Å²) in [5.41, 5.74) is 4.98. The van der Waals surface area contributed by atoms with Gasteiger partial charge < -0.3 is 10.6 Å². The van der Waals surface area contributed by atoms with Crippen LogP contribution in [0.3, 0.4) is 0 Å². The van der Waals surface area contributed by atoms with E-state index in [0.29, 0.717) is 0 Å². The fourth-order valence-corrected chi connectivity index (χ4v) is 2.38. The molecule has 2 aromatic rings. The van der Waals surface area contributed by atoms with E-state index in [9.17, 15) is 0 Å². The number of anilines is 2. The molecule has 19 heavy (non-hydrogen) atoms. The lowest BCUT2D eigenvalue weighted by atomic mass is 10.1. The van der Waals surface area contributed by atoms with E-state index in [0.717, 1.165) is 37.4 Å². The summed E-state index contributed by atoms with van der Waals surface area (Å²) >= 11 is 0. The monoisotopic (exact) mass is 253 g/mol. The summed E-state index contributed by atoms with van der Waals surface area (Å²) in [4.78, 5) is 4.68. The van der Waals surface area contributed by atoms with Crippen LogP contribution in [0.5, 0.6) is 0 Å². The first kappa shape index (κ1) is 12.2. The number of pyridine rings is 1. The van der Waals surface area contributed by atoms with Crippen molar-refractivity contribution in [1.29, 1.82) is 0 Å². The highest BCUT2D eigenvalue weighted by Crippen LogP contribution is 2.19. The molecule has 0 radical (unpaired) electrons. The second kappa shape index (κ2) is 5.41. The SMILES string of the molecule is CCc1ccc(Nc2ccc3c(n2)CNCC3)cc1. The van der Waals surface area contributed by atoms with Crippen LogP contribution < -0.4 is 10.6 Å². The van der Waals surface area contributed by atoms with E-state index in [1.54, 1.807) is 0 Å². The molecule has 1 aromatic carbocycles. The molecule has 0 bridgehead atoms. The molecule has 0 unspecified atom stereocenters. The number of aromatic nitrogens is 1. The predicted octanol–water partition coefficient (Wildman–Crippen LogP) is 3.03. The fraction of sp³-hybridized carbons (Fsp3) is 0.312. The van der Waals surface area contributed by atoms with E-state index in [1.807, 2.05) is 0 Å². The minimum absolute atomic E-state index is 0.875. The Morgan fingerprint density at radius 2 is 2.00 bits per heavy atom. The first-order chi connectivity index (χ1) is 9.35. The van der Waals surface area contributed by atoms with Gasteiger partial charge in [0.05, 0.1) is 5.69 Å². The standard InChI is InChI=1S/C16H19N3/c1-2-12-3-6-14(7-4-12)18-16-8-5-13-9-10-17-11-15(13)19-16/h3-8,17H,2,9-11H2,1H3,(H,18,19). The van der Waals surface area contributed by atoms with E-state index in [4.69, 9.17) is 0 Å². The lowest BCUT2D eigenvalue weighted by molar-refractivity contribution is 0.628. The Morgan fingerprint density at radius 1 is 1.16 bits per heavy atom. The zero-order valence-electron chi connectivity index (χ0n) is 11.2. The Hall–Kier alpha value is -1.87. The van der Waals surface area contributed by atoms with Crippen LogP contribution in [0, 0.1) is 0 Å². The van der Waals surface area contributed by atoms with Crippen LogP contribution >= 0.6 is 0 Å². The molecule has 0 saturated carbocycles. The molecule has 0 amide bonds. The molecule has 1 aromatic heterocycles. The summed E-state index contributed by atoms with van der Waals surface area (Å²) in [6.45, 7) is 4.10. The van der Waals surface area contributed by atoms with Crippen LogP contribution in [0.25, 0.3) is 0 Å². The van der Waals surface area contributed by atoms with E-state index in [-0.39, 0.29) is 0 Å². The molecule has 0 atom stereocenters. The molecule has 0 aliphatic carbocycles. The normalized spacial score (nSPS) is 13.9. The molecular formula is C16H19N3. The minimum atomic E-state index is 0.875. The van der Waals surface area contributed by atoms with Gasteiger partial charge in [-0.1, -0.05) is 25.1 Å². The zero-order valence-corrected chi connectivity index (χ0v) is 11.2. The maximum Gasteiger partial charge on any atom is 0.130 e. The van der Waals surface area contributed by atoms with Crippen LogP contribution in [0.2, 0.25) is 0 Å². The van der Waals surface area contributed by atoms with Crippen molar-refractivity contribution < 1.29 is 0 Å². The molecule has 0 spiro atoms. The van der Waals surface area contributed by atoms with Gasteiger partial charge in [0.2, 0.25) is 0 Å². The van der Waals surface area contributed by atoms with Crippen molar-refractivity contribution in [1.82, 2.24) is 10.3 Å². The molecule has 98 valence electrons. The smallest absolute Gasteiger partial charge is 0.130 e. The number of hydrogen-bond acceptors (Lipinski definition) is 3. The van der Waals surface area contributed by atoms with Crippen molar-refractivity contribution in [3.8, 4) is 0 Å². The van der Waals surface area contributed by atoms with Gasteiger partial charge in [-0.15, -0.1) is 0 Å². The Labute approximate surface area is 114 Å². The molecule has 3 nitrogen and oxygen atoms in total. The van der Waals surface area contributed by atoms with Crippen LogP contribution in [0.4, 0.5) is 11.5 Å². The zero-order chi connectivity index (χ0) is 13.1. The highest BCUT2D eigenvalue weighted by atomic mass is 15.0. The average Bonchev–Trinajstić information content (AvgIpc) is 2.48. The van der Waals surface area contributed by atoms with Crippen molar-refractivity contribution in [3.63, 3.8) is 0 Å². The molecule has 0 saturated heterocycles. The van der Waals surface area contributed by atoms with Gasteiger partial charge in [0.25, 0.3) is 0 Å².